The zero-order valence-electron chi connectivity index (χ0n) is 12.0. The van der Waals surface area contributed by atoms with Gasteiger partial charge in [0.1, 0.15) is 17.1 Å². The molecule has 0 atom stereocenters. The van der Waals surface area contributed by atoms with Crippen molar-refractivity contribution in [3.05, 3.63) is 40.1 Å². The maximum absolute atomic E-state index is 6.05. The number of benzene rings is 1. The van der Waals surface area contributed by atoms with Crippen LogP contribution < -0.4 is 4.74 Å². The molecule has 3 aromatic rings. The number of ether oxygens (including phenoxy) is 1. The van der Waals surface area contributed by atoms with E-state index in [2.05, 4.69) is 19.9 Å². The van der Waals surface area contributed by atoms with Crippen molar-refractivity contribution in [1.82, 2.24) is 14.5 Å². The fourth-order valence-electron chi connectivity index (χ4n) is 2.44. The zero-order valence-corrected chi connectivity index (χ0v) is 13.5. The van der Waals surface area contributed by atoms with Gasteiger partial charge < -0.3 is 9.30 Å². The van der Waals surface area contributed by atoms with Crippen molar-refractivity contribution in [3.8, 4) is 5.75 Å². The van der Waals surface area contributed by atoms with Crippen LogP contribution in [0.1, 0.15) is 16.5 Å². The summed E-state index contributed by atoms with van der Waals surface area (Å²) in [5.41, 5.74) is 3.03. The molecular formula is C15H16ClN3OS. The minimum Gasteiger partial charge on any atom is -0.494 e. The van der Waals surface area contributed by atoms with E-state index in [1.54, 1.807) is 18.4 Å². The van der Waals surface area contributed by atoms with Crippen molar-refractivity contribution in [1.29, 1.82) is 0 Å². The van der Waals surface area contributed by atoms with Gasteiger partial charge in [0.2, 0.25) is 0 Å². The number of methoxy groups -OCH3 is 1. The quantitative estimate of drug-likeness (QED) is 0.671. The third kappa shape index (κ3) is 2.76. The Morgan fingerprint density at radius 2 is 2.19 bits per heavy atom. The Morgan fingerprint density at radius 3 is 2.86 bits per heavy atom. The van der Waals surface area contributed by atoms with E-state index < -0.39 is 0 Å². The third-order valence-corrected chi connectivity index (χ3v) is 4.48. The fourth-order valence-corrected chi connectivity index (χ4v) is 3.29. The fraction of sp³-hybridized carbons (Fsp3) is 0.333. The number of hydrogen-bond donors (Lipinski definition) is 0. The molecule has 0 spiro atoms. The lowest BCUT2D eigenvalue weighted by atomic mass is 10.2. The summed E-state index contributed by atoms with van der Waals surface area (Å²) in [6.45, 7) is 2.84. The lowest BCUT2D eigenvalue weighted by Crippen LogP contribution is -2.05. The van der Waals surface area contributed by atoms with Gasteiger partial charge in [-0.15, -0.1) is 22.9 Å². The predicted molar refractivity (Wildman–Crippen MR) is 86.4 cm³/mol. The highest BCUT2D eigenvalue weighted by Gasteiger charge is 2.13. The van der Waals surface area contributed by atoms with E-state index in [9.17, 15) is 0 Å². The van der Waals surface area contributed by atoms with E-state index in [0.29, 0.717) is 5.88 Å². The van der Waals surface area contributed by atoms with Gasteiger partial charge in [0.15, 0.2) is 0 Å². The van der Waals surface area contributed by atoms with E-state index in [1.165, 1.54) is 0 Å². The predicted octanol–water partition coefficient (Wildman–Crippen LogP) is 3.79. The van der Waals surface area contributed by atoms with Crippen molar-refractivity contribution in [2.75, 3.05) is 7.11 Å². The zero-order chi connectivity index (χ0) is 14.8. The van der Waals surface area contributed by atoms with Crippen LogP contribution in [0, 0.1) is 6.92 Å². The number of thiazole rings is 1. The van der Waals surface area contributed by atoms with E-state index in [0.717, 1.165) is 46.3 Å². The molecule has 0 amide bonds. The molecule has 2 aromatic heterocycles. The Balaban J connectivity index is 1.96. The number of alkyl halides is 1. The Kier molecular flexibility index (Phi) is 4.12. The molecule has 0 saturated heterocycles. The number of halogens is 1. The van der Waals surface area contributed by atoms with Crippen molar-refractivity contribution in [2.24, 2.45) is 0 Å². The molecule has 3 rings (SSSR count). The second-order valence-corrected chi connectivity index (χ2v) is 6.08. The molecule has 1 aromatic carbocycles. The van der Waals surface area contributed by atoms with Gasteiger partial charge in [-0.05, 0) is 19.1 Å². The molecular weight excluding hydrogens is 306 g/mol. The number of aryl methyl sites for hydroxylation is 3. The van der Waals surface area contributed by atoms with Crippen LogP contribution in [0.4, 0.5) is 0 Å². The molecule has 0 radical (unpaired) electrons. The molecule has 21 heavy (non-hydrogen) atoms. The summed E-state index contributed by atoms with van der Waals surface area (Å²) < 4.78 is 7.53. The van der Waals surface area contributed by atoms with Crippen LogP contribution in [-0.4, -0.2) is 21.6 Å². The molecule has 6 heteroatoms. The van der Waals surface area contributed by atoms with Gasteiger partial charge >= 0.3 is 0 Å². The third-order valence-electron chi connectivity index (χ3n) is 3.42. The Hall–Kier alpha value is -1.59. The van der Waals surface area contributed by atoms with Crippen LogP contribution in [0.25, 0.3) is 11.0 Å². The first-order valence-corrected chi connectivity index (χ1v) is 8.13. The number of hydrogen-bond acceptors (Lipinski definition) is 4. The maximum atomic E-state index is 6.05. The highest BCUT2D eigenvalue weighted by atomic mass is 35.5. The number of aromatic nitrogens is 3. The summed E-state index contributed by atoms with van der Waals surface area (Å²) in [7, 11) is 1.66. The molecule has 0 saturated carbocycles. The van der Waals surface area contributed by atoms with Gasteiger partial charge in [-0.2, -0.15) is 0 Å². The van der Waals surface area contributed by atoms with Gasteiger partial charge in [-0.1, -0.05) is 6.07 Å². The summed E-state index contributed by atoms with van der Waals surface area (Å²) >= 11 is 7.73. The average molecular weight is 322 g/mol. The molecule has 0 N–H and O–H groups in total. The van der Waals surface area contributed by atoms with E-state index in [4.69, 9.17) is 16.3 Å². The normalized spacial score (nSPS) is 11.2. The highest BCUT2D eigenvalue weighted by Crippen LogP contribution is 2.26. The Labute approximate surface area is 132 Å². The smallest absolute Gasteiger partial charge is 0.146 e. The van der Waals surface area contributed by atoms with Crippen molar-refractivity contribution in [3.63, 3.8) is 0 Å². The van der Waals surface area contributed by atoms with Crippen LogP contribution in [0.3, 0.4) is 0 Å². The van der Waals surface area contributed by atoms with E-state index in [1.807, 2.05) is 25.1 Å². The SMILES string of the molecule is COc1cccc2c1nc(CCl)n2CCc1csc(C)n1. The number of imidazole rings is 1. The second-order valence-electron chi connectivity index (χ2n) is 4.75. The lowest BCUT2D eigenvalue weighted by molar-refractivity contribution is 0.419. The van der Waals surface area contributed by atoms with Crippen LogP contribution in [0.5, 0.6) is 5.75 Å². The minimum absolute atomic E-state index is 0.383. The molecule has 0 aliphatic rings. The number of para-hydroxylation sites is 1. The van der Waals surface area contributed by atoms with Crippen LogP contribution >= 0.6 is 22.9 Å². The van der Waals surface area contributed by atoms with Gasteiger partial charge in [-0.3, -0.25) is 0 Å². The van der Waals surface area contributed by atoms with Crippen LogP contribution in [0.2, 0.25) is 0 Å². The highest BCUT2D eigenvalue weighted by molar-refractivity contribution is 7.09. The largest absolute Gasteiger partial charge is 0.494 e. The summed E-state index contributed by atoms with van der Waals surface area (Å²) in [4.78, 5) is 9.11. The molecule has 4 nitrogen and oxygen atoms in total. The second kappa shape index (κ2) is 6.03. The first-order valence-electron chi connectivity index (χ1n) is 6.72. The summed E-state index contributed by atoms with van der Waals surface area (Å²) in [6.07, 6.45) is 0.872. The van der Waals surface area contributed by atoms with Crippen LogP contribution in [-0.2, 0) is 18.8 Å². The Bertz CT molecular complexity index is 765. The molecule has 0 bridgehead atoms. The van der Waals surface area contributed by atoms with Gasteiger partial charge in [-0.25, -0.2) is 9.97 Å². The summed E-state index contributed by atoms with van der Waals surface area (Å²) in [6, 6.07) is 5.94. The molecule has 0 aliphatic carbocycles. The molecule has 0 fully saturated rings. The average Bonchev–Trinajstić information content (AvgIpc) is 3.07. The van der Waals surface area contributed by atoms with Crippen molar-refractivity contribution < 1.29 is 4.74 Å². The number of rotatable bonds is 5. The summed E-state index contributed by atoms with van der Waals surface area (Å²) in [5, 5.41) is 3.20. The molecule has 110 valence electrons. The minimum atomic E-state index is 0.383. The lowest BCUT2D eigenvalue weighted by Gasteiger charge is -2.07. The number of nitrogens with zero attached hydrogens (tertiary/aromatic N) is 3. The number of fused-ring (bicyclic) bond motifs is 1. The first kappa shape index (κ1) is 14.4. The first-order chi connectivity index (χ1) is 10.2. The maximum Gasteiger partial charge on any atom is 0.146 e. The summed E-state index contributed by atoms with van der Waals surface area (Å²) in [5.74, 6) is 2.03. The molecule has 0 aliphatic heterocycles. The van der Waals surface area contributed by atoms with Gasteiger partial charge in [0.05, 0.1) is 29.2 Å². The molecule has 0 unspecified atom stereocenters. The topological polar surface area (TPSA) is 39.9 Å². The van der Waals surface area contributed by atoms with E-state index in [-0.39, 0.29) is 0 Å². The standard InChI is InChI=1S/C15H16ClN3OS/c1-10-17-11(9-21-10)6-7-19-12-4-3-5-13(20-2)15(12)18-14(19)8-16/h3-5,9H,6-8H2,1-2H3. The van der Waals surface area contributed by atoms with Crippen molar-refractivity contribution in [2.45, 2.75) is 25.8 Å². The van der Waals surface area contributed by atoms with Crippen molar-refractivity contribution >= 4 is 34.0 Å². The van der Waals surface area contributed by atoms with Crippen LogP contribution in [0.15, 0.2) is 23.6 Å². The Morgan fingerprint density at radius 1 is 1.33 bits per heavy atom. The van der Waals surface area contributed by atoms with Gasteiger partial charge in [0.25, 0.3) is 0 Å². The van der Waals surface area contributed by atoms with Gasteiger partial charge in [0, 0.05) is 18.3 Å². The monoisotopic (exact) mass is 321 g/mol. The van der Waals surface area contributed by atoms with E-state index >= 15 is 0 Å². The molecule has 2 heterocycles.